The van der Waals surface area contributed by atoms with Crippen molar-refractivity contribution < 1.29 is 9.53 Å². The number of thioether (sulfide) groups is 1. The van der Waals surface area contributed by atoms with Crippen LogP contribution in [0.1, 0.15) is 13.3 Å². The Kier molecular flexibility index (Phi) is 4.83. The Balaban J connectivity index is 2.38. The number of hydrogen-bond acceptors (Lipinski definition) is 4. The standard InChI is InChI=1S/C12H17NO2S/c1-12(13,11(14)15-2)8-9-16-10-6-4-3-5-7-10/h3-7H,8-9,13H2,1-2H3. The average Bonchev–Trinajstić information content (AvgIpc) is 2.29. The highest BCUT2D eigenvalue weighted by atomic mass is 32.2. The van der Waals surface area contributed by atoms with Crippen molar-refractivity contribution in [2.24, 2.45) is 5.73 Å². The molecule has 1 aromatic carbocycles. The molecule has 0 radical (unpaired) electrons. The minimum Gasteiger partial charge on any atom is -0.468 e. The van der Waals surface area contributed by atoms with Crippen LogP contribution in [0.4, 0.5) is 0 Å². The monoisotopic (exact) mass is 239 g/mol. The SMILES string of the molecule is COC(=O)C(C)(N)CCSc1ccccc1. The molecule has 3 nitrogen and oxygen atoms in total. The molecule has 0 spiro atoms. The summed E-state index contributed by atoms with van der Waals surface area (Å²) in [4.78, 5) is 12.5. The molecule has 0 aliphatic heterocycles. The molecule has 0 saturated carbocycles. The summed E-state index contributed by atoms with van der Waals surface area (Å²) in [5.74, 6) is 0.438. The van der Waals surface area contributed by atoms with Gasteiger partial charge in [-0.25, -0.2) is 0 Å². The van der Waals surface area contributed by atoms with Crippen LogP contribution in [0.25, 0.3) is 0 Å². The smallest absolute Gasteiger partial charge is 0.325 e. The first kappa shape index (κ1) is 13.1. The number of ether oxygens (including phenoxy) is 1. The van der Waals surface area contributed by atoms with Crippen LogP contribution >= 0.6 is 11.8 Å². The van der Waals surface area contributed by atoms with Gasteiger partial charge in [0.25, 0.3) is 0 Å². The predicted molar refractivity (Wildman–Crippen MR) is 66.4 cm³/mol. The summed E-state index contributed by atoms with van der Waals surface area (Å²) in [6.45, 7) is 1.70. The largest absolute Gasteiger partial charge is 0.468 e. The molecule has 16 heavy (non-hydrogen) atoms. The van der Waals surface area contributed by atoms with E-state index in [9.17, 15) is 4.79 Å². The molecule has 1 aromatic rings. The Morgan fingerprint density at radius 1 is 1.44 bits per heavy atom. The Labute approximate surface area is 100 Å². The second kappa shape index (κ2) is 5.92. The van der Waals surface area contributed by atoms with Crippen molar-refractivity contribution in [2.45, 2.75) is 23.8 Å². The van der Waals surface area contributed by atoms with Crippen LogP contribution in [0.2, 0.25) is 0 Å². The molecule has 0 bridgehead atoms. The van der Waals surface area contributed by atoms with E-state index in [4.69, 9.17) is 5.73 Å². The van der Waals surface area contributed by atoms with E-state index in [1.54, 1.807) is 18.7 Å². The van der Waals surface area contributed by atoms with E-state index < -0.39 is 5.54 Å². The maximum Gasteiger partial charge on any atom is 0.325 e. The minimum atomic E-state index is -0.892. The molecular weight excluding hydrogens is 222 g/mol. The lowest BCUT2D eigenvalue weighted by Gasteiger charge is -2.20. The van der Waals surface area contributed by atoms with E-state index in [1.165, 1.54) is 12.0 Å². The zero-order valence-corrected chi connectivity index (χ0v) is 10.4. The van der Waals surface area contributed by atoms with Gasteiger partial charge in [-0.15, -0.1) is 11.8 Å². The van der Waals surface area contributed by atoms with E-state index in [-0.39, 0.29) is 5.97 Å². The number of nitrogens with two attached hydrogens (primary N) is 1. The molecule has 0 heterocycles. The van der Waals surface area contributed by atoms with Crippen molar-refractivity contribution in [1.82, 2.24) is 0 Å². The summed E-state index contributed by atoms with van der Waals surface area (Å²) in [6, 6.07) is 10.0. The summed E-state index contributed by atoms with van der Waals surface area (Å²) in [6.07, 6.45) is 0.596. The van der Waals surface area contributed by atoms with Crippen LogP contribution in [0.3, 0.4) is 0 Å². The maximum absolute atomic E-state index is 11.3. The lowest BCUT2D eigenvalue weighted by atomic mass is 10.0. The number of esters is 1. The highest BCUT2D eigenvalue weighted by molar-refractivity contribution is 7.99. The number of carbonyl (C=O) groups is 1. The molecule has 0 aromatic heterocycles. The molecule has 2 N–H and O–H groups in total. The van der Waals surface area contributed by atoms with Crippen molar-refractivity contribution in [3.05, 3.63) is 30.3 Å². The Hall–Kier alpha value is -1.00. The van der Waals surface area contributed by atoms with Crippen LogP contribution < -0.4 is 5.73 Å². The van der Waals surface area contributed by atoms with Crippen LogP contribution in [-0.2, 0) is 9.53 Å². The Morgan fingerprint density at radius 3 is 2.62 bits per heavy atom. The van der Waals surface area contributed by atoms with Gasteiger partial charge in [-0.2, -0.15) is 0 Å². The zero-order chi connectivity index (χ0) is 12.0. The van der Waals surface area contributed by atoms with Crippen LogP contribution in [-0.4, -0.2) is 24.4 Å². The molecule has 0 amide bonds. The first-order valence-corrected chi connectivity index (χ1v) is 6.10. The molecule has 0 fully saturated rings. The van der Waals surface area contributed by atoms with E-state index in [0.717, 1.165) is 5.75 Å². The molecule has 0 aliphatic rings. The highest BCUT2D eigenvalue weighted by Gasteiger charge is 2.28. The van der Waals surface area contributed by atoms with E-state index in [1.807, 2.05) is 30.3 Å². The predicted octanol–water partition coefficient (Wildman–Crippen LogP) is 2.06. The van der Waals surface area contributed by atoms with Crippen molar-refractivity contribution in [2.75, 3.05) is 12.9 Å². The van der Waals surface area contributed by atoms with Crippen LogP contribution in [0.5, 0.6) is 0 Å². The van der Waals surface area contributed by atoms with Gasteiger partial charge < -0.3 is 10.5 Å². The minimum absolute atomic E-state index is 0.360. The normalized spacial score (nSPS) is 14.2. The maximum atomic E-state index is 11.3. The van der Waals surface area contributed by atoms with Crippen molar-refractivity contribution in [3.63, 3.8) is 0 Å². The number of hydrogen-bond donors (Lipinski definition) is 1. The van der Waals surface area contributed by atoms with Gasteiger partial charge in [0.05, 0.1) is 7.11 Å². The molecule has 1 rings (SSSR count). The Morgan fingerprint density at radius 2 is 2.06 bits per heavy atom. The molecule has 1 atom stereocenters. The molecular formula is C12H17NO2S. The quantitative estimate of drug-likeness (QED) is 0.631. The van der Waals surface area contributed by atoms with E-state index in [2.05, 4.69) is 4.74 Å². The second-order valence-corrected chi connectivity index (χ2v) is 4.99. The number of benzene rings is 1. The van der Waals surface area contributed by atoms with Crippen LogP contribution in [0.15, 0.2) is 35.2 Å². The topological polar surface area (TPSA) is 52.3 Å². The fourth-order valence-electron chi connectivity index (χ4n) is 1.23. The molecule has 0 aliphatic carbocycles. The lowest BCUT2D eigenvalue weighted by molar-refractivity contribution is -0.146. The van der Waals surface area contributed by atoms with Crippen molar-refractivity contribution in [3.8, 4) is 0 Å². The summed E-state index contributed by atoms with van der Waals surface area (Å²) in [5.41, 5.74) is 4.95. The van der Waals surface area contributed by atoms with Crippen molar-refractivity contribution >= 4 is 17.7 Å². The average molecular weight is 239 g/mol. The van der Waals surface area contributed by atoms with Crippen LogP contribution in [0, 0.1) is 0 Å². The lowest BCUT2D eigenvalue weighted by Crippen LogP contribution is -2.46. The number of carbonyl (C=O) groups excluding carboxylic acids is 1. The third-order valence-electron chi connectivity index (χ3n) is 2.29. The first-order valence-electron chi connectivity index (χ1n) is 5.11. The first-order chi connectivity index (χ1) is 7.56. The summed E-state index contributed by atoms with van der Waals surface area (Å²) < 4.78 is 4.64. The summed E-state index contributed by atoms with van der Waals surface area (Å²) in [7, 11) is 1.36. The third-order valence-corrected chi connectivity index (χ3v) is 3.30. The van der Waals surface area contributed by atoms with E-state index in [0.29, 0.717) is 6.42 Å². The number of methoxy groups -OCH3 is 1. The zero-order valence-electron chi connectivity index (χ0n) is 9.60. The van der Waals surface area contributed by atoms with Gasteiger partial charge in [0.1, 0.15) is 5.54 Å². The van der Waals surface area contributed by atoms with Gasteiger partial charge in [-0.05, 0) is 25.5 Å². The van der Waals surface area contributed by atoms with Gasteiger partial charge in [0.15, 0.2) is 0 Å². The summed E-state index contributed by atoms with van der Waals surface area (Å²) in [5, 5.41) is 0. The third kappa shape index (κ3) is 3.87. The molecule has 1 unspecified atom stereocenters. The number of rotatable bonds is 5. The van der Waals surface area contributed by atoms with Gasteiger partial charge >= 0.3 is 5.97 Å². The highest BCUT2D eigenvalue weighted by Crippen LogP contribution is 2.21. The fourth-order valence-corrected chi connectivity index (χ4v) is 2.34. The van der Waals surface area contributed by atoms with Gasteiger partial charge in [0.2, 0.25) is 0 Å². The molecule has 0 saturated heterocycles. The van der Waals surface area contributed by atoms with Gasteiger partial charge in [-0.3, -0.25) is 4.79 Å². The molecule has 4 heteroatoms. The molecule has 88 valence electrons. The second-order valence-electron chi connectivity index (χ2n) is 3.82. The fraction of sp³-hybridized carbons (Fsp3) is 0.417. The van der Waals surface area contributed by atoms with Crippen molar-refractivity contribution in [1.29, 1.82) is 0 Å². The summed E-state index contributed by atoms with van der Waals surface area (Å²) >= 11 is 1.69. The van der Waals surface area contributed by atoms with Gasteiger partial charge in [-0.1, -0.05) is 18.2 Å². The van der Waals surface area contributed by atoms with E-state index >= 15 is 0 Å². The Bertz CT molecular complexity index is 338. The van der Waals surface area contributed by atoms with Gasteiger partial charge in [0, 0.05) is 10.6 Å².